The zero-order valence-electron chi connectivity index (χ0n) is 11.3. The van der Waals surface area contributed by atoms with Gasteiger partial charge in [-0.15, -0.1) is 11.3 Å². The molecule has 0 unspecified atom stereocenters. The maximum Gasteiger partial charge on any atom is 0.105 e. The Kier molecular flexibility index (Phi) is 4.80. The molecule has 4 heteroatoms. The molecule has 0 spiro atoms. The first-order chi connectivity index (χ1) is 9.19. The van der Waals surface area contributed by atoms with Crippen molar-refractivity contribution < 1.29 is 4.42 Å². The van der Waals surface area contributed by atoms with Crippen LogP contribution in [-0.2, 0) is 13.1 Å². The van der Waals surface area contributed by atoms with E-state index in [1.165, 1.54) is 10.4 Å². The predicted molar refractivity (Wildman–Crippen MR) is 78.9 cm³/mol. The van der Waals surface area contributed by atoms with Crippen LogP contribution in [0, 0.1) is 18.8 Å². The fourth-order valence-electron chi connectivity index (χ4n) is 1.86. The molecule has 2 heterocycles. The summed E-state index contributed by atoms with van der Waals surface area (Å²) in [6.07, 6.45) is 1.74. The van der Waals surface area contributed by atoms with Gasteiger partial charge in [-0.2, -0.15) is 0 Å². The first-order valence-corrected chi connectivity index (χ1v) is 7.00. The summed E-state index contributed by atoms with van der Waals surface area (Å²) in [6.45, 7) is 4.21. The van der Waals surface area contributed by atoms with Gasteiger partial charge < -0.3 is 10.2 Å². The van der Waals surface area contributed by atoms with E-state index in [0.29, 0.717) is 6.54 Å². The molecule has 2 N–H and O–H groups in total. The molecule has 100 valence electrons. The Labute approximate surface area is 118 Å². The van der Waals surface area contributed by atoms with Gasteiger partial charge in [-0.05, 0) is 32.2 Å². The molecular weight excluding hydrogens is 256 g/mol. The van der Waals surface area contributed by atoms with Gasteiger partial charge in [0.1, 0.15) is 5.76 Å². The van der Waals surface area contributed by atoms with Gasteiger partial charge in [-0.3, -0.25) is 4.90 Å². The molecule has 0 aliphatic heterocycles. The van der Waals surface area contributed by atoms with Gasteiger partial charge in [0.25, 0.3) is 0 Å². The summed E-state index contributed by atoms with van der Waals surface area (Å²) in [7, 11) is 2.11. The minimum absolute atomic E-state index is 0.410. The minimum atomic E-state index is 0.410. The van der Waals surface area contributed by atoms with E-state index in [2.05, 4.69) is 35.9 Å². The van der Waals surface area contributed by atoms with Crippen LogP contribution in [0.2, 0.25) is 0 Å². The van der Waals surface area contributed by atoms with Crippen molar-refractivity contribution in [1.29, 1.82) is 0 Å². The molecule has 0 bridgehead atoms. The highest BCUT2D eigenvalue weighted by Crippen LogP contribution is 2.18. The molecule has 0 fully saturated rings. The molecule has 0 aromatic carbocycles. The van der Waals surface area contributed by atoms with E-state index in [-0.39, 0.29) is 0 Å². The zero-order chi connectivity index (χ0) is 13.7. The second-order valence-corrected chi connectivity index (χ2v) is 5.61. The Hall–Kier alpha value is -1.54. The van der Waals surface area contributed by atoms with Crippen LogP contribution in [0.1, 0.15) is 21.1 Å². The smallest absolute Gasteiger partial charge is 0.105 e. The normalized spacial score (nSPS) is 10.5. The predicted octanol–water partition coefficient (Wildman–Crippen LogP) is 2.59. The molecule has 19 heavy (non-hydrogen) atoms. The van der Waals surface area contributed by atoms with Crippen LogP contribution >= 0.6 is 11.3 Å². The van der Waals surface area contributed by atoms with E-state index in [4.69, 9.17) is 10.2 Å². The van der Waals surface area contributed by atoms with Crippen molar-refractivity contribution in [2.45, 2.75) is 20.0 Å². The van der Waals surface area contributed by atoms with Gasteiger partial charge in [0.05, 0.1) is 17.7 Å². The average Bonchev–Trinajstić information content (AvgIpc) is 2.97. The highest BCUT2D eigenvalue weighted by atomic mass is 32.1. The Morgan fingerprint density at radius 1 is 1.32 bits per heavy atom. The summed E-state index contributed by atoms with van der Waals surface area (Å²) in [5, 5.41) is 0. The third-order valence-electron chi connectivity index (χ3n) is 2.81. The molecule has 3 nitrogen and oxygen atoms in total. The first-order valence-electron chi connectivity index (χ1n) is 6.18. The highest BCUT2D eigenvalue weighted by molar-refractivity contribution is 7.12. The maximum absolute atomic E-state index is 5.37. The van der Waals surface area contributed by atoms with E-state index >= 15 is 0 Å². The topological polar surface area (TPSA) is 42.4 Å². The summed E-state index contributed by atoms with van der Waals surface area (Å²) in [5.74, 6) is 6.93. The van der Waals surface area contributed by atoms with Crippen molar-refractivity contribution in [1.82, 2.24) is 4.90 Å². The number of aryl methyl sites for hydroxylation is 1. The number of hydrogen-bond acceptors (Lipinski definition) is 4. The van der Waals surface area contributed by atoms with Crippen molar-refractivity contribution in [3.05, 3.63) is 45.5 Å². The molecule has 0 aliphatic rings. The lowest BCUT2D eigenvalue weighted by Crippen LogP contribution is -2.16. The van der Waals surface area contributed by atoms with Crippen molar-refractivity contribution in [3.8, 4) is 11.8 Å². The molecule has 2 aromatic heterocycles. The summed E-state index contributed by atoms with van der Waals surface area (Å²) in [6, 6.07) is 6.21. The summed E-state index contributed by atoms with van der Waals surface area (Å²) < 4.78 is 5.31. The summed E-state index contributed by atoms with van der Waals surface area (Å²) >= 11 is 1.72. The first kappa shape index (κ1) is 13.9. The third kappa shape index (κ3) is 3.97. The van der Waals surface area contributed by atoms with Crippen LogP contribution in [0.25, 0.3) is 0 Å². The minimum Gasteiger partial charge on any atom is -0.469 e. The van der Waals surface area contributed by atoms with E-state index in [1.54, 1.807) is 17.6 Å². The van der Waals surface area contributed by atoms with Crippen molar-refractivity contribution >= 4 is 11.3 Å². The standard InChI is InChI=1S/C15H18N2OS/c1-12-13(7-9-18-12)10-17(2)11-15-6-5-14(19-15)4-3-8-16/h5-7,9H,8,10-11,16H2,1-2H3. The van der Waals surface area contributed by atoms with E-state index in [0.717, 1.165) is 23.7 Å². The lowest BCUT2D eigenvalue weighted by Gasteiger charge is -2.14. The average molecular weight is 274 g/mol. The number of thiophene rings is 1. The summed E-state index contributed by atoms with van der Waals surface area (Å²) in [5.41, 5.74) is 6.61. The van der Waals surface area contributed by atoms with E-state index < -0.39 is 0 Å². The molecule has 2 rings (SSSR count). The molecule has 0 saturated carbocycles. The van der Waals surface area contributed by atoms with Gasteiger partial charge in [0.15, 0.2) is 0 Å². The van der Waals surface area contributed by atoms with Crippen LogP contribution in [0.15, 0.2) is 28.9 Å². The number of rotatable bonds is 4. The molecule has 0 amide bonds. The Balaban J connectivity index is 1.93. The van der Waals surface area contributed by atoms with Crippen LogP contribution in [-0.4, -0.2) is 18.5 Å². The maximum atomic E-state index is 5.37. The van der Waals surface area contributed by atoms with Gasteiger partial charge in [-0.1, -0.05) is 11.8 Å². The Morgan fingerprint density at radius 2 is 2.16 bits per heavy atom. The molecule has 0 atom stereocenters. The van der Waals surface area contributed by atoms with E-state index in [9.17, 15) is 0 Å². The van der Waals surface area contributed by atoms with Crippen molar-refractivity contribution in [2.75, 3.05) is 13.6 Å². The molecule has 0 saturated heterocycles. The van der Waals surface area contributed by atoms with Gasteiger partial charge in [-0.25, -0.2) is 0 Å². The van der Waals surface area contributed by atoms with Gasteiger partial charge in [0.2, 0.25) is 0 Å². The molecule has 0 aliphatic carbocycles. The van der Waals surface area contributed by atoms with Crippen molar-refractivity contribution in [3.63, 3.8) is 0 Å². The number of hydrogen-bond donors (Lipinski definition) is 1. The largest absolute Gasteiger partial charge is 0.469 e. The van der Waals surface area contributed by atoms with Gasteiger partial charge in [0, 0.05) is 23.5 Å². The van der Waals surface area contributed by atoms with Crippen LogP contribution in [0.3, 0.4) is 0 Å². The molecule has 2 aromatic rings. The monoisotopic (exact) mass is 274 g/mol. The summed E-state index contributed by atoms with van der Waals surface area (Å²) in [4.78, 5) is 4.66. The second-order valence-electron chi connectivity index (χ2n) is 4.45. The number of furan rings is 1. The lowest BCUT2D eigenvalue weighted by atomic mass is 10.2. The lowest BCUT2D eigenvalue weighted by molar-refractivity contribution is 0.319. The molecule has 0 radical (unpaired) electrons. The van der Waals surface area contributed by atoms with Gasteiger partial charge >= 0.3 is 0 Å². The fraction of sp³-hybridized carbons (Fsp3) is 0.333. The van der Waals surface area contributed by atoms with Crippen LogP contribution in [0.5, 0.6) is 0 Å². The van der Waals surface area contributed by atoms with Crippen molar-refractivity contribution in [2.24, 2.45) is 5.73 Å². The number of nitrogens with two attached hydrogens (primary N) is 1. The van der Waals surface area contributed by atoms with E-state index in [1.807, 2.05) is 13.0 Å². The third-order valence-corrected chi connectivity index (χ3v) is 3.79. The van der Waals surface area contributed by atoms with Crippen LogP contribution < -0.4 is 5.73 Å². The molecular formula is C15H18N2OS. The van der Waals surface area contributed by atoms with Crippen LogP contribution in [0.4, 0.5) is 0 Å². The Bertz CT molecular complexity index is 589. The fourth-order valence-corrected chi connectivity index (χ4v) is 2.82. The quantitative estimate of drug-likeness (QED) is 0.871. The Morgan fingerprint density at radius 3 is 2.84 bits per heavy atom. The zero-order valence-corrected chi connectivity index (χ0v) is 12.1. The number of nitrogens with zero attached hydrogens (tertiary/aromatic N) is 1. The second kappa shape index (κ2) is 6.58. The highest BCUT2D eigenvalue weighted by Gasteiger charge is 2.07. The SMILES string of the molecule is Cc1occc1CN(C)Cc1ccc(C#CCN)s1.